The van der Waals surface area contributed by atoms with Crippen LogP contribution in [0.3, 0.4) is 0 Å². The van der Waals surface area contributed by atoms with Crippen LogP contribution in [0.4, 0.5) is 9.93 Å². The van der Waals surface area contributed by atoms with Crippen LogP contribution in [0.15, 0.2) is 58.1 Å². The van der Waals surface area contributed by atoms with Crippen molar-refractivity contribution >= 4 is 72.5 Å². The summed E-state index contributed by atoms with van der Waals surface area (Å²) in [4.78, 5) is 68.4. The lowest BCUT2D eigenvalue weighted by molar-refractivity contribution is -0.145. The number of carbonyl (C=O) groups excluding carboxylic acids is 3. The number of hydrogen-bond donors (Lipinski definition) is 5. The average Bonchev–Trinajstić information content (AvgIpc) is 3.73. The van der Waals surface area contributed by atoms with Gasteiger partial charge >= 0.3 is 12.0 Å². The number of rotatable bonds is 11. The molecule has 3 aliphatic heterocycles. The van der Waals surface area contributed by atoms with Crippen LogP contribution in [0.25, 0.3) is 22.3 Å². The molecule has 3 aromatic heterocycles. The normalized spacial score (nSPS) is 24.9. The van der Waals surface area contributed by atoms with Crippen LogP contribution >= 0.6 is 22.7 Å². The summed E-state index contributed by atoms with van der Waals surface area (Å²) in [5, 5.41) is 27.5. The number of thiophene rings is 1. The van der Waals surface area contributed by atoms with E-state index in [9.17, 15) is 32.7 Å². The highest BCUT2D eigenvalue weighted by Crippen LogP contribution is 2.46. The molecule has 4 aromatic rings. The minimum absolute atomic E-state index is 0.0170. The largest absolute Gasteiger partial charge is 0.497 e. The maximum absolute atomic E-state index is 15.0. The predicted octanol–water partition coefficient (Wildman–Crippen LogP) is 6.36. The molecule has 1 unspecified atom stereocenters. The molecule has 1 saturated carbocycles. The number of urea groups is 1. The van der Waals surface area contributed by atoms with Crippen molar-refractivity contribution in [3.63, 3.8) is 0 Å². The number of aromatic nitrogens is 2. The SMILES string of the molecule is COc1ccc2c(O[C@@H]3C[C@H]4C(=O)N[C@]5(C(=O)O)CC5C=CCCCCC[C@H](NC(=O)N[C@H](CN5Cc6sccc6S5(=O)=O)C(C)(C)C)C(=O)N4C3)cc(-c3csc(NC(C)C)n3)nc2c1. The van der Waals surface area contributed by atoms with Gasteiger partial charge in [0.2, 0.25) is 21.8 Å². The summed E-state index contributed by atoms with van der Waals surface area (Å²) in [6, 6.07) is 5.46. The third kappa shape index (κ3) is 9.87. The van der Waals surface area contributed by atoms with Gasteiger partial charge in [-0.3, -0.25) is 9.59 Å². The fraction of sp³-hybridized carbons (Fsp3) is 0.522. The number of anilines is 1. The Hall–Kier alpha value is -5.31. The maximum Gasteiger partial charge on any atom is 0.330 e. The second-order valence-corrected chi connectivity index (χ2v) is 22.7. The summed E-state index contributed by atoms with van der Waals surface area (Å²) in [7, 11) is -2.18. The lowest BCUT2D eigenvalue weighted by atomic mass is 9.86. The highest BCUT2D eigenvalue weighted by atomic mass is 32.2. The molecule has 17 nitrogen and oxygen atoms in total. The maximum atomic E-state index is 15.0. The number of amides is 4. The van der Waals surface area contributed by atoms with Crippen molar-refractivity contribution in [3.8, 4) is 22.9 Å². The number of pyridine rings is 1. The van der Waals surface area contributed by atoms with Gasteiger partial charge in [0.15, 0.2) is 5.13 Å². The van der Waals surface area contributed by atoms with Crippen molar-refractivity contribution in [1.82, 2.24) is 35.1 Å². The number of ether oxygens (including phenoxy) is 2. The van der Waals surface area contributed by atoms with Crippen molar-refractivity contribution < 1.29 is 42.2 Å². The molecule has 0 bridgehead atoms. The molecule has 1 saturated heterocycles. The molecule has 5 N–H and O–H groups in total. The number of carboxylic acid groups (broad SMARTS) is 1. The summed E-state index contributed by atoms with van der Waals surface area (Å²) in [5.41, 5.74) is -0.355. The number of carbonyl (C=O) groups is 4. The summed E-state index contributed by atoms with van der Waals surface area (Å²) in [5.74, 6) is -1.67. The molecule has 0 spiro atoms. The van der Waals surface area contributed by atoms with Crippen molar-refractivity contribution in [2.45, 2.75) is 127 Å². The number of benzene rings is 1. The first-order valence-corrected chi connectivity index (χ1v) is 25.6. The van der Waals surface area contributed by atoms with Gasteiger partial charge in [-0.2, -0.15) is 4.31 Å². The first-order valence-electron chi connectivity index (χ1n) is 22.4. The molecule has 66 heavy (non-hydrogen) atoms. The molecule has 1 aliphatic carbocycles. The van der Waals surface area contributed by atoms with E-state index in [-0.39, 0.29) is 49.8 Å². The van der Waals surface area contributed by atoms with Crippen molar-refractivity contribution in [1.29, 1.82) is 0 Å². The Balaban J connectivity index is 1.08. The Morgan fingerprint density at radius 1 is 1.08 bits per heavy atom. The van der Waals surface area contributed by atoms with E-state index in [0.29, 0.717) is 46.6 Å². The molecule has 2 fully saturated rings. The van der Waals surface area contributed by atoms with E-state index in [4.69, 9.17) is 19.4 Å². The van der Waals surface area contributed by atoms with Crippen LogP contribution in [0.1, 0.15) is 84.4 Å². The first kappa shape index (κ1) is 47.2. The molecule has 4 amide bonds. The summed E-state index contributed by atoms with van der Waals surface area (Å²) in [6.45, 7) is 9.96. The van der Waals surface area contributed by atoms with Gasteiger partial charge in [-0.15, -0.1) is 22.7 Å². The fourth-order valence-electron chi connectivity index (χ4n) is 8.88. The van der Waals surface area contributed by atoms with E-state index < -0.39 is 74.9 Å². The van der Waals surface area contributed by atoms with E-state index in [0.717, 1.165) is 22.9 Å². The number of allylic oxidation sites excluding steroid dienone is 1. The smallest absolute Gasteiger partial charge is 0.330 e. The van der Waals surface area contributed by atoms with Crippen molar-refractivity contribution in [3.05, 3.63) is 58.1 Å². The van der Waals surface area contributed by atoms with Gasteiger partial charge in [0.05, 0.1) is 29.8 Å². The second kappa shape index (κ2) is 18.8. The second-order valence-electron chi connectivity index (χ2n) is 18.9. The summed E-state index contributed by atoms with van der Waals surface area (Å²) in [6.07, 6.45) is 6.36. The molecule has 354 valence electrons. The summed E-state index contributed by atoms with van der Waals surface area (Å²) < 4.78 is 40.5. The number of hydrogen-bond acceptors (Lipinski definition) is 13. The monoisotopic (exact) mass is 962 g/mol. The first-order chi connectivity index (χ1) is 31.4. The number of aliphatic carboxylic acids is 1. The number of thiazole rings is 1. The number of carboxylic acids is 1. The standard InChI is InChI=1S/C46H58N8O9S3/c1-26(2)47-44-50-34(25-65-44)33-20-36(30-15-14-28(62-6)18-32(30)48-33)63-29-19-35-40(55)52-46(42(57)58)21-27(46)12-10-8-7-9-11-13-31(41(56)54(35)22-29)49-43(59)51-39(45(3,4)5)24-53-23-37-38(16-17-64-37)66(53,60)61/h10,12,14-18,20,25-27,29,31,35,39H,7-9,11,13,19,21-24H2,1-6H3,(H,47,50)(H,52,55)(H,57,58)(H2,49,51,59)/t27?,29-,31+,35+,39-,46-/m1/s1. The number of nitrogens with zero attached hydrogens (tertiary/aromatic N) is 4. The predicted molar refractivity (Wildman–Crippen MR) is 252 cm³/mol. The Bertz CT molecular complexity index is 2640. The Morgan fingerprint density at radius 3 is 2.61 bits per heavy atom. The Labute approximate surface area is 392 Å². The third-order valence-electron chi connectivity index (χ3n) is 12.8. The van der Waals surface area contributed by atoms with Gasteiger partial charge in [-0.25, -0.2) is 28.0 Å². The topological polar surface area (TPSA) is 221 Å². The highest BCUT2D eigenvalue weighted by Gasteiger charge is 2.61. The summed E-state index contributed by atoms with van der Waals surface area (Å²) >= 11 is 2.82. The lowest BCUT2D eigenvalue weighted by Gasteiger charge is -2.35. The van der Waals surface area contributed by atoms with Gasteiger partial charge in [-0.1, -0.05) is 45.8 Å². The van der Waals surface area contributed by atoms with E-state index in [1.807, 2.05) is 58.2 Å². The molecule has 4 aliphatic rings. The molecular weight excluding hydrogens is 905 g/mol. The quantitative estimate of drug-likeness (QED) is 0.104. The van der Waals surface area contributed by atoms with Crippen LogP contribution in [-0.2, 0) is 31.0 Å². The highest BCUT2D eigenvalue weighted by molar-refractivity contribution is 7.89. The molecule has 1 aromatic carbocycles. The van der Waals surface area contributed by atoms with Crippen molar-refractivity contribution in [2.75, 3.05) is 25.5 Å². The minimum atomic E-state index is -3.74. The van der Waals surface area contributed by atoms with E-state index in [2.05, 4.69) is 21.3 Å². The van der Waals surface area contributed by atoms with Crippen LogP contribution in [0.2, 0.25) is 0 Å². The average molecular weight is 963 g/mol. The molecule has 6 heterocycles. The van der Waals surface area contributed by atoms with Crippen molar-refractivity contribution in [2.24, 2.45) is 11.3 Å². The zero-order chi connectivity index (χ0) is 47.1. The Kier molecular flexibility index (Phi) is 13.4. The number of sulfonamides is 1. The van der Waals surface area contributed by atoms with E-state index >= 15 is 0 Å². The van der Waals surface area contributed by atoms with Gasteiger partial charge < -0.3 is 40.7 Å². The van der Waals surface area contributed by atoms with Crippen LogP contribution in [0.5, 0.6) is 11.5 Å². The minimum Gasteiger partial charge on any atom is -0.497 e. The van der Waals surface area contributed by atoms with E-state index in [1.54, 1.807) is 36.8 Å². The number of fused-ring (bicyclic) bond motifs is 4. The lowest BCUT2D eigenvalue weighted by Crippen LogP contribution is -2.59. The van der Waals surface area contributed by atoms with E-state index in [1.165, 1.54) is 31.9 Å². The van der Waals surface area contributed by atoms with Crippen LogP contribution < -0.4 is 30.7 Å². The number of methoxy groups -OCH3 is 1. The van der Waals surface area contributed by atoms with Gasteiger partial charge in [0.1, 0.15) is 40.9 Å². The van der Waals surface area contributed by atoms with Gasteiger partial charge in [-0.05, 0) is 68.5 Å². The molecule has 8 rings (SSSR count). The third-order valence-corrected chi connectivity index (χ3v) is 16.5. The zero-order valence-corrected chi connectivity index (χ0v) is 40.4. The van der Waals surface area contributed by atoms with Crippen LogP contribution in [-0.4, -0.2) is 113 Å². The molecule has 0 radical (unpaired) electrons. The van der Waals surface area contributed by atoms with Crippen LogP contribution in [0, 0.1) is 11.3 Å². The Morgan fingerprint density at radius 2 is 1.88 bits per heavy atom. The molecule has 20 heteroatoms. The molecule has 6 atom stereocenters. The molecular formula is C46H58N8O9S3. The van der Waals surface area contributed by atoms with Gasteiger partial charge in [0.25, 0.3) is 0 Å². The van der Waals surface area contributed by atoms with Gasteiger partial charge in [0, 0.05) is 65.3 Å². The fourth-order valence-corrected chi connectivity index (χ4v) is 12.7. The zero-order valence-electron chi connectivity index (χ0n) is 38.0. The number of nitrogens with one attached hydrogen (secondary N) is 4.